The van der Waals surface area contributed by atoms with Crippen molar-refractivity contribution < 1.29 is 9.59 Å². The fraction of sp³-hybridized carbons (Fsp3) is 0.0909. The van der Waals surface area contributed by atoms with E-state index in [0.717, 1.165) is 11.4 Å². The summed E-state index contributed by atoms with van der Waals surface area (Å²) in [5, 5.41) is 10.0. The molecule has 0 unspecified atom stereocenters. The van der Waals surface area contributed by atoms with Gasteiger partial charge in [0.05, 0.1) is 12.0 Å². The molecule has 0 spiro atoms. The number of carbonyl (C=O) groups excluding carboxylic acids is 2. The van der Waals surface area contributed by atoms with Crippen LogP contribution in [-0.4, -0.2) is 31.1 Å². The maximum Gasteiger partial charge on any atom is 0.276 e. The van der Waals surface area contributed by atoms with Gasteiger partial charge in [-0.2, -0.15) is 5.10 Å². The highest BCUT2D eigenvalue weighted by molar-refractivity contribution is 6.04. The summed E-state index contributed by atoms with van der Waals surface area (Å²) in [6, 6.07) is 18.3. The molecule has 4 rings (SSSR count). The summed E-state index contributed by atoms with van der Waals surface area (Å²) >= 11 is 0. The molecule has 0 saturated carbocycles. The van der Waals surface area contributed by atoms with Gasteiger partial charge in [0.2, 0.25) is 5.91 Å². The fourth-order valence-corrected chi connectivity index (χ4v) is 2.90. The van der Waals surface area contributed by atoms with Crippen LogP contribution in [0.1, 0.15) is 23.8 Å². The first-order chi connectivity index (χ1) is 14.6. The van der Waals surface area contributed by atoms with Gasteiger partial charge in [0.15, 0.2) is 5.69 Å². The Hall–Kier alpha value is -4.20. The predicted molar refractivity (Wildman–Crippen MR) is 114 cm³/mol. The summed E-state index contributed by atoms with van der Waals surface area (Å²) in [6.45, 7) is 1.76. The molecular formula is C22H20N6O2. The number of para-hydroxylation sites is 1. The molecule has 8 heteroatoms. The zero-order chi connectivity index (χ0) is 20.9. The van der Waals surface area contributed by atoms with Crippen LogP contribution >= 0.6 is 0 Å². The summed E-state index contributed by atoms with van der Waals surface area (Å²) in [7, 11) is 0. The molecule has 0 aliphatic carbocycles. The van der Waals surface area contributed by atoms with Crippen molar-refractivity contribution in [3.05, 3.63) is 85.1 Å². The first kappa shape index (κ1) is 19.1. The van der Waals surface area contributed by atoms with Crippen LogP contribution in [0.3, 0.4) is 0 Å². The highest BCUT2D eigenvalue weighted by Gasteiger charge is 2.17. The molecule has 0 aliphatic rings. The van der Waals surface area contributed by atoms with Crippen molar-refractivity contribution in [1.82, 2.24) is 19.3 Å². The molecule has 30 heavy (non-hydrogen) atoms. The van der Waals surface area contributed by atoms with E-state index in [4.69, 9.17) is 0 Å². The monoisotopic (exact) mass is 400 g/mol. The lowest BCUT2D eigenvalue weighted by Crippen LogP contribution is -2.14. The van der Waals surface area contributed by atoms with Crippen LogP contribution in [0.5, 0.6) is 0 Å². The zero-order valence-electron chi connectivity index (χ0n) is 16.3. The Morgan fingerprint density at radius 3 is 2.40 bits per heavy atom. The van der Waals surface area contributed by atoms with Gasteiger partial charge in [-0.15, -0.1) is 0 Å². The van der Waals surface area contributed by atoms with Crippen LogP contribution in [0.4, 0.5) is 11.5 Å². The Morgan fingerprint density at radius 2 is 1.73 bits per heavy atom. The summed E-state index contributed by atoms with van der Waals surface area (Å²) in [5.74, 6) is -0.0881. The molecule has 0 aliphatic heterocycles. The summed E-state index contributed by atoms with van der Waals surface area (Å²) < 4.78 is 3.42. The number of hydrogen-bond donors (Lipinski definition) is 2. The van der Waals surface area contributed by atoms with Gasteiger partial charge in [-0.1, -0.05) is 25.1 Å². The van der Waals surface area contributed by atoms with Crippen molar-refractivity contribution in [3.8, 4) is 11.4 Å². The molecule has 2 N–H and O–H groups in total. The molecule has 0 bridgehead atoms. The van der Waals surface area contributed by atoms with Crippen LogP contribution in [0.15, 0.2) is 79.4 Å². The SMILES string of the molecule is CCC(=O)Nc1cc(C(=O)Nc2ccc(-n3ccnc3)cc2)nn1-c1ccccc1. The van der Waals surface area contributed by atoms with E-state index in [2.05, 4.69) is 20.7 Å². The maximum atomic E-state index is 12.8. The topological polar surface area (TPSA) is 93.8 Å². The number of amides is 2. The number of carbonyl (C=O) groups is 2. The third kappa shape index (κ3) is 4.12. The second-order valence-electron chi connectivity index (χ2n) is 6.53. The Balaban J connectivity index is 1.57. The standard InChI is InChI=1S/C22H20N6O2/c1-2-21(29)25-20-14-19(26-28(20)18-6-4-3-5-7-18)22(30)24-16-8-10-17(11-9-16)27-13-12-23-15-27/h3-15H,2H2,1H3,(H,24,30)(H,25,29). The van der Waals surface area contributed by atoms with Crippen LogP contribution in [0.2, 0.25) is 0 Å². The number of anilines is 2. The molecule has 0 atom stereocenters. The number of imidazole rings is 1. The molecule has 4 aromatic rings. The van der Waals surface area contributed by atoms with Crippen molar-refractivity contribution in [3.63, 3.8) is 0 Å². The van der Waals surface area contributed by atoms with Gasteiger partial charge in [-0.3, -0.25) is 9.59 Å². The largest absolute Gasteiger partial charge is 0.321 e. The lowest BCUT2D eigenvalue weighted by atomic mass is 10.2. The van der Waals surface area contributed by atoms with Crippen LogP contribution in [0, 0.1) is 0 Å². The average molecular weight is 400 g/mol. The number of nitrogens with zero attached hydrogens (tertiary/aromatic N) is 4. The Morgan fingerprint density at radius 1 is 0.967 bits per heavy atom. The molecule has 0 fully saturated rings. The van der Waals surface area contributed by atoms with E-state index in [9.17, 15) is 9.59 Å². The van der Waals surface area contributed by atoms with Gasteiger partial charge in [0.25, 0.3) is 5.91 Å². The number of rotatable bonds is 6. The Labute approximate surface area is 173 Å². The number of hydrogen-bond acceptors (Lipinski definition) is 4. The highest BCUT2D eigenvalue weighted by Crippen LogP contribution is 2.19. The lowest BCUT2D eigenvalue weighted by molar-refractivity contribution is -0.115. The van der Waals surface area contributed by atoms with Crippen molar-refractivity contribution in [2.45, 2.75) is 13.3 Å². The zero-order valence-corrected chi connectivity index (χ0v) is 16.3. The van der Waals surface area contributed by atoms with Gasteiger partial charge in [-0.25, -0.2) is 9.67 Å². The number of benzene rings is 2. The van der Waals surface area contributed by atoms with Crippen molar-refractivity contribution in [2.24, 2.45) is 0 Å². The van der Waals surface area contributed by atoms with Crippen molar-refractivity contribution in [1.29, 1.82) is 0 Å². The second kappa shape index (κ2) is 8.44. The third-order valence-electron chi connectivity index (χ3n) is 4.46. The lowest BCUT2D eigenvalue weighted by Gasteiger charge is -2.07. The fourth-order valence-electron chi connectivity index (χ4n) is 2.90. The van der Waals surface area contributed by atoms with E-state index in [1.807, 2.05) is 53.2 Å². The van der Waals surface area contributed by atoms with E-state index in [-0.39, 0.29) is 17.5 Å². The molecule has 0 radical (unpaired) electrons. The Kier molecular flexibility index (Phi) is 5.38. The van der Waals surface area contributed by atoms with E-state index in [1.165, 1.54) is 0 Å². The molecule has 0 saturated heterocycles. The van der Waals surface area contributed by atoms with Crippen molar-refractivity contribution >= 4 is 23.3 Å². The first-order valence-electron chi connectivity index (χ1n) is 9.49. The highest BCUT2D eigenvalue weighted by atomic mass is 16.2. The summed E-state index contributed by atoms with van der Waals surface area (Å²) in [4.78, 5) is 28.7. The van der Waals surface area contributed by atoms with E-state index >= 15 is 0 Å². The third-order valence-corrected chi connectivity index (χ3v) is 4.46. The van der Waals surface area contributed by atoms with Gasteiger partial charge in [-0.05, 0) is 36.4 Å². The number of aromatic nitrogens is 4. The molecule has 2 amide bonds. The predicted octanol–water partition coefficient (Wildman–Crippen LogP) is 3.66. The van der Waals surface area contributed by atoms with Gasteiger partial charge in [0.1, 0.15) is 5.82 Å². The minimum Gasteiger partial charge on any atom is -0.321 e. The average Bonchev–Trinajstić information content (AvgIpc) is 3.45. The van der Waals surface area contributed by atoms with Gasteiger partial charge < -0.3 is 15.2 Å². The van der Waals surface area contributed by atoms with Gasteiger partial charge in [0, 0.05) is 36.3 Å². The maximum absolute atomic E-state index is 12.8. The normalized spacial score (nSPS) is 10.6. The Bertz CT molecular complexity index is 1150. The molecule has 2 aromatic heterocycles. The molecule has 8 nitrogen and oxygen atoms in total. The van der Waals surface area contributed by atoms with Gasteiger partial charge >= 0.3 is 0 Å². The van der Waals surface area contributed by atoms with Crippen molar-refractivity contribution in [2.75, 3.05) is 10.6 Å². The molecular weight excluding hydrogens is 380 g/mol. The van der Waals surface area contributed by atoms with E-state index in [0.29, 0.717) is 17.9 Å². The first-order valence-corrected chi connectivity index (χ1v) is 9.49. The number of nitrogens with one attached hydrogen (secondary N) is 2. The second-order valence-corrected chi connectivity index (χ2v) is 6.53. The van der Waals surface area contributed by atoms with E-state index < -0.39 is 0 Å². The summed E-state index contributed by atoms with van der Waals surface area (Å²) in [6.07, 6.45) is 5.57. The molecule has 150 valence electrons. The molecule has 2 aromatic carbocycles. The van der Waals surface area contributed by atoms with Crippen LogP contribution in [0.25, 0.3) is 11.4 Å². The van der Waals surface area contributed by atoms with Crippen LogP contribution in [-0.2, 0) is 4.79 Å². The van der Waals surface area contributed by atoms with E-state index in [1.54, 1.807) is 42.3 Å². The minimum atomic E-state index is -0.368. The molecule has 2 heterocycles. The van der Waals surface area contributed by atoms with Crippen LogP contribution < -0.4 is 10.6 Å². The summed E-state index contributed by atoms with van der Waals surface area (Å²) in [5.41, 5.74) is 2.51. The quantitative estimate of drug-likeness (QED) is 0.516. The smallest absolute Gasteiger partial charge is 0.276 e. The minimum absolute atomic E-state index is 0.158.